The minimum absolute atomic E-state index is 0.0837. The van der Waals surface area contributed by atoms with E-state index in [0.717, 1.165) is 113 Å². The van der Waals surface area contributed by atoms with Gasteiger partial charge in [-0.25, -0.2) is 34.3 Å². The molecule has 18 atom stereocenters. The molecule has 20 rings (SSSR count). The van der Waals surface area contributed by atoms with E-state index in [1.165, 1.54) is 18.7 Å². The maximum atomic E-state index is 14.4. The highest BCUT2D eigenvalue weighted by Crippen LogP contribution is 2.45. The zero-order valence-electron chi connectivity index (χ0n) is 65.0. The average molecular weight is 1610 g/mol. The number of aliphatic hydroxyl groups excluding tert-OH is 8. The van der Waals surface area contributed by atoms with E-state index in [1.54, 1.807) is 36.1 Å². The first-order valence-electron chi connectivity index (χ1n) is 39.6. The molecule has 4 saturated carbocycles. The number of halogens is 2. The highest BCUT2D eigenvalue weighted by Gasteiger charge is 2.49. The molecule has 0 radical (unpaired) electrons. The summed E-state index contributed by atoms with van der Waals surface area (Å²) >= 11 is 6.27. The number of fused-ring (bicyclic) bond motifs is 8. The molecule has 117 heavy (non-hydrogen) atoms. The van der Waals surface area contributed by atoms with Crippen LogP contribution in [-0.2, 0) is 25.8 Å². The first kappa shape index (κ1) is 79.0. The highest BCUT2D eigenvalue weighted by molar-refractivity contribution is 6.30. The van der Waals surface area contributed by atoms with Crippen LogP contribution in [0.4, 0.5) is 4.39 Å². The molecule has 610 valence electrons. The van der Waals surface area contributed by atoms with Crippen molar-refractivity contribution in [1.82, 2.24) is 58.5 Å². The van der Waals surface area contributed by atoms with Crippen molar-refractivity contribution in [2.75, 3.05) is 19.8 Å². The smallest absolute Gasteiger partial charge is 0.151 e. The van der Waals surface area contributed by atoms with Crippen LogP contribution in [0.15, 0.2) is 159 Å². The second-order valence-corrected chi connectivity index (χ2v) is 32.1. The molecule has 4 aliphatic carbocycles. The number of hydrogen-bond acceptors (Lipinski definition) is 24. The van der Waals surface area contributed by atoms with Gasteiger partial charge in [0.25, 0.3) is 0 Å². The van der Waals surface area contributed by atoms with Crippen LogP contribution >= 0.6 is 11.6 Å². The number of hydrogen-bond donors (Lipinski definition) is 11. The zero-order valence-corrected chi connectivity index (χ0v) is 65.8. The Kier molecular flexibility index (Phi) is 22.1. The number of nitrogens with one attached hydrogen (secondary N) is 1. The minimum atomic E-state index is -1.13. The number of aromatic nitrogens is 11. The third-order valence-electron chi connectivity index (χ3n) is 24.0. The van der Waals surface area contributed by atoms with Crippen LogP contribution in [0.5, 0.6) is 34.5 Å². The van der Waals surface area contributed by atoms with E-state index < -0.39 is 85.1 Å². The van der Waals surface area contributed by atoms with Gasteiger partial charge in [0, 0.05) is 143 Å². The van der Waals surface area contributed by atoms with Crippen LogP contribution < -0.4 is 45.2 Å². The number of aryl methyl sites for hydroxylation is 5. The predicted octanol–water partition coefficient (Wildman–Crippen LogP) is 8.44. The van der Waals surface area contributed by atoms with Gasteiger partial charge in [0.05, 0.1) is 35.2 Å². The SMILES string of the molecule is Cc1cc2cccc(O[C@H]3C[C@@H](n4ccc5c(C)ncnc54)[C@H](O)[C@@H]3O)c2cn1.Cc1ccnc2c1ccn2[C@@H]1C[C@H](Oc2cccc3c2C[C@@H](N)CO3)[C@@H](O)[C@H]1O.Cc1ccnc2c1ccn2[C@@H]1C[C@H](Oc2cccc3c2C[C@H](N)CO3)[C@@H](O)[C@H]1O.Cc1ncc2c(F)cn([C@@H]3C[C@H](Oc4cc(Cl)cc5c4CNCC5)[C@@H](O)[C@H]3O)c2n1. The third kappa shape index (κ3) is 15.3. The molecule has 0 amide bonds. The summed E-state index contributed by atoms with van der Waals surface area (Å²) in [6.45, 7) is 12.1. The van der Waals surface area contributed by atoms with Gasteiger partial charge in [0.1, 0.15) is 156 Å². The van der Waals surface area contributed by atoms with Gasteiger partial charge in [0.2, 0.25) is 0 Å². The molecule has 7 aliphatic rings. The molecule has 0 unspecified atom stereocenters. The number of aliphatic hydroxyl groups is 8. The van der Waals surface area contributed by atoms with Crippen LogP contribution in [0.25, 0.3) is 54.9 Å². The Hall–Kier alpha value is -10.5. The van der Waals surface area contributed by atoms with E-state index in [-0.39, 0.29) is 35.6 Å². The van der Waals surface area contributed by atoms with Crippen molar-refractivity contribution >= 4 is 66.5 Å². The summed E-state index contributed by atoms with van der Waals surface area (Å²) in [5.41, 5.74) is 22.9. The van der Waals surface area contributed by atoms with E-state index in [0.29, 0.717) is 97.8 Å². The number of rotatable bonds is 12. The monoisotopic (exact) mass is 1610 g/mol. The number of pyridine rings is 3. The number of nitrogens with zero attached hydrogens (tertiary/aromatic N) is 11. The quantitative estimate of drug-likeness (QED) is 0.0546. The zero-order chi connectivity index (χ0) is 81.4. The third-order valence-corrected chi connectivity index (χ3v) is 24.2. The number of ether oxygens (including phenoxy) is 6. The fraction of sp³-hybridized carbons (Fsp3) is 0.391. The molecule has 0 bridgehead atoms. The molecule has 4 fully saturated rings. The molecule has 28 nitrogen and oxygen atoms in total. The maximum absolute atomic E-state index is 14.4. The van der Waals surface area contributed by atoms with Gasteiger partial charge >= 0.3 is 0 Å². The lowest BCUT2D eigenvalue weighted by Gasteiger charge is -2.26. The van der Waals surface area contributed by atoms with E-state index in [9.17, 15) is 45.2 Å². The highest BCUT2D eigenvalue weighted by atomic mass is 35.5. The lowest BCUT2D eigenvalue weighted by atomic mass is 10.00. The molecule has 13 aromatic rings. The average Bonchev–Trinajstić information content (AvgIpc) is 1.78. The first-order valence-corrected chi connectivity index (χ1v) is 40.0. The standard InChI is InChI=1S/C22H22N4O3.2C22H25N3O4.C21H22ClFN4O3/c1-12-8-14-4-3-5-18(16(14)10-23-12)29-19-9-17(20(27)21(19)28)26-7-6-15-13(2)24-11-25-22(15)26;2*1-12-5-7-24-22-14(12)6-8-25(22)16-10-19(21(27)20(16)26)29-18-4-2-3-17-15(18)9-13(23)11-28-17;1-10-25-8-14-15(23)9-27(21(14)26-10)16-6-18(20(29)19(16)28)30-17-5-12(22)4-11-2-3-24-7-13(11)17/h3-8,10-11,17,19-21,27-28H,9H2,1-2H3;2*2-8,13,16,19-21,26-27H,9-11,23H2,1H3;4-5,8-9,16,18-20,24,28-29H,2-3,6-7H2,1H3/t17-,19+,20+,21-;13-,16+,19-,20-,21+;13-,16-,19+,20+,21-;16-,18+,19+,20-/m1011/s1. The normalized spacial score (nSPS) is 27.1. The van der Waals surface area contributed by atoms with E-state index in [1.807, 2.05) is 157 Å². The topological polar surface area (TPSA) is 391 Å². The maximum Gasteiger partial charge on any atom is 0.151 e. The summed E-state index contributed by atoms with van der Waals surface area (Å²) in [5, 5.41) is 94.9. The summed E-state index contributed by atoms with van der Waals surface area (Å²) in [4.78, 5) is 30.3. The van der Waals surface area contributed by atoms with Crippen LogP contribution in [0, 0.1) is 40.4 Å². The van der Waals surface area contributed by atoms with Crippen molar-refractivity contribution in [3.63, 3.8) is 0 Å². The van der Waals surface area contributed by atoms with Crippen LogP contribution in [-0.4, -0.2) is 199 Å². The second-order valence-electron chi connectivity index (χ2n) is 31.7. The van der Waals surface area contributed by atoms with Gasteiger partial charge < -0.3 is 104 Å². The second kappa shape index (κ2) is 32.8. The number of benzene rings is 4. The Morgan fingerprint density at radius 3 is 1.50 bits per heavy atom. The Morgan fingerprint density at radius 1 is 0.479 bits per heavy atom. The van der Waals surface area contributed by atoms with E-state index >= 15 is 0 Å². The Bertz CT molecular complexity index is 5660. The molecule has 12 heterocycles. The van der Waals surface area contributed by atoms with Crippen LogP contribution in [0.2, 0.25) is 5.02 Å². The van der Waals surface area contributed by atoms with Gasteiger partial charge in [-0.2, -0.15) is 0 Å². The van der Waals surface area contributed by atoms with Gasteiger partial charge in [-0.15, -0.1) is 0 Å². The molecule has 4 aromatic carbocycles. The van der Waals surface area contributed by atoms with Crippen molar-refractivity contribution in [1.29, 1.82) is 0 Å². The molecule has 9 aromatic heterocycles. The Labute approximate surface area is 677 Å². The molecule has 30 heteroatoms. The van der Waals surface area contributed by atoms with Gasteiger partial charge in [0.15, 0.2) is 5.82 Å². The lowest BCUT2D eigenvalue weighted by Crippen LogP contribution is -2.36. The predicted molar refractivity (Wildman–Crippen MR) is 434 cm³/mol. The van der Waals surface area contributed by atoms with Crippen molar-refractivity contribution in [3.8, 4) is 34.5 Å². The van der Waals surface area contributed by atoms with Crippen LogP contribution in [0.1, 0.15) is 100 Å². The van der Waals surface area contributed by atoms with Crippen LogP contribution in [0.3, 0.4) is 0 Å². The van der Waals surface area contributed by atoms with Crippen molar-refractivity contribution in [2.45, 2.75) is 196 Å². The Balaban J connectivity index is 0.000000112. The van der Waals surface area contributed by atoms with Gasteiger partial charge in [-0.3, -0.25) is 4.98 Å². The van der Waals surface area contributed by atoms with Gasteiger partial charge in [-0.05, 0) is 161 Å². The van der Waals surface area contributed by atoms with E-state index in [4.69, 9.17) is 51.5 Å². The molecule has 13 N–H and O–H groups in total. The fourth-order valence-electron chi connectivity index (χ4n) is 17.7. The molecule has 0 spiro atoms. The molecule has 3 aliphatic heterocycles. The largest absolute Gasteiger partial charge is 0.492 e. The van der Waals surface area contributed by atoms with Crippen molar-refractivity contribution in [3.05, 3.63) is 220 Å². The van der Waals surface area contributed by atoms with E-state index in [2.05, 4.69) is 40.2 Å². The summed E-state index contributed by atoms with van der Waals surface area (Å²) in [6, 6.07) is 30.9. The minimum Gasteiger partial charge on any atom is -0.492 e. The van der Waals surface area contributed by atoms with Gasteiger partial charge in [-0.1, -0.05) is 35.9 Å². The summed E-state index contributed by atoms with van der Waals surface area (Å²) in [7, 11) is 0. The summed E-state index contributed by atoms with van der Waals surface area (Å²) in [5.74, 6) is 4.13. The molecular weight excluding hydrogens is 1520 g/mol. The Morgan fingerprint density at radius 2 is 0.957 bits per heavy atom. The summed E-state index contributed by atoms with van der Waals surface area (Å²) < 4.78 is 57.9. The number of nitrogens with two attached hydrogens (primary N) is 2. The first-order chi connectivity index (χ1) is 56.5. The lowest BCUT2D eigenvalue weighted by molar-refractivity contribution is -0.0167. The molecular formula is C87H94ClFN14O14. The van der Waals surface area contributed by atoms with Crippen molar-refractivity contribution < 1.29 is 73.7 Å². The fourth-order valence-corrected chi connectivity index (χ4v) is 17.9. The van der Waals surface area contributed by atoms with Crippen molar-refractivity contribution in [2.24, 2.45) is 11.5 Å². The molecule has 0 saturated heterocycles. The summed E-state index contributed by atoms with van der Waals surface area (Å²) in [6.07, 6.45) is 8.74.